The Kier molecular flexibility index (Phi) is 5.50. The second-order valence-corrected chi connectivity index (χ2v) is 6.63. The molecule has 0 bridgehead atoms. The molecule has 1 aromatic carbocycles. The first kappa shape index (κ1) is 17.6. The van der Waals surface area contributed by atoms with Gasteiger partial charge in [0.1, 0.15) is 0 Å². The smallest absolute Gasteiger partial charge is 0.256 e. The molecule has 1 saturated heterocycles. The number of hydrogen-bond donors (Lipinski definition) is 2. The van der Waals surface area contributed by atoms with Crippen LogP contribution in [0.5, 0.6) is 0 Å². The molecule has 1 aliphatic heterocycles. The number of nitrogens with zero attached hydrogens (tertiary/aromatic N) is 2. The van der Waals surface area contributed by atoms with E-state index in [1.54, 1.807) is 23.2 Å². The second kappa shape index (κ2) is 7.80. The average molecular weight is 361 g/mol. The van der Waals surface area contributed by atoms with Crippen LogP contribution in [-0.2, 0) is 4.79 Å². The van der Waals surface area contributed by atoms with E-state index in [1.165, 1.54) is 0 Å². The Morgan fingerprint density at radius 2 is 2.24 bits per heavy atom. The number of nitrogens with two attached hydrogens (primary N) is 1. The number of likely N-dealkylation sites (tertiary alicyclic amines) is 1. The Balaban J connectivity index is 1.82. The fraction of sp³-hybridized carbons (Fsp3) is 0.389. The number of hydrogen-bond acceptors (Lipinski definition) is 4. The van der Waals surface area contributed by atoms with E-state index in [-0.39, 0.29) is 17.7 Å². The predicted octanol–water partition coefficient (Wildman–Crippen LogP) is 1.82. The zero-order valence-electron chi connectivity index (χ0n) is 13.9. The summed E-state index contributed by atoms with van der Waals surface area (Å²) in [6, 6.07) is 7.13. The molecule has 132 valence electrons. The Hall–Kier alpha value is -2.18. The van der Waals surface area contributed by atoms with E-state index in [1.807, 2.05) is 12.1 Å². The average Bonchev–Trinajstić information content (AvgIpc) is 2.64. The fourth-order valence-electron chi connectivity index (χ4n) is 3.20. The van der Waals surface area contributed by atoms with Gasteiger partial charge in [-0.1, -0.05) is 17.7 Å². The molecule has 2 amide bonds. The standard InChI is InChI=1S/C18H21ClN4O2/c19-14-9-12-3-1-6-21-16(12)15(10-14)18(25)23-8-2-4-13(11-23)17(24)22-7-5-20/h1,3,6,9-10,13H,2,4-5,7-8,11,20H2,(H,22,24). The van der Waals surface area contributed by atoms with Crippen LogP contribution in [0.25, 0.3) is 10.9 Å². The lowest BCUT2D eigenvalue weighted by Gasteiger charge is -2.32. The van der Waals surface area contributed by atoms with Crippen LogP contribution in [0.4, 0.5) is 0 Å². The minimum Gasteiger partial charge on any atom is -0.355 e. The molecule has 1 fully saturated rings. The van der Waals surface area contributed by atoms with Crippen LogP contribution < -0.4 is 11.1 Å². The minimum absolute atomic E-state index is 0.0444. The summed E-state index contributed by atoms with van der Waals surface area (Å²) in [5, 5.41) is 4.13. The molecule has 7 heteroatoms. The summed E-state index contributed by atoms with van der Waals surface area (Å²) >= 11 is 6.17. The molecule has 1 unspecified atom stereocenters. The summed E-state index contributed by atoms with van der Waals surface area (Å²) in [5.41, 5.74) is 6.54. The number of pyridine rings is 1. The molecule has 3 N–H and O–H groups in total. The molecule has 6 nitrogen and oxygen atoms in total. The van der Waals surface area contributed by atoms with Crippen molar-refractivity contribution < 1.29 is 9.59 Å². The van der Waals surface area contributed by atoms with Gasteiger partial charge in [-0.2, -0.15) is 0 Å². The van der Waals surface area contributed by atoms with Crippen molar-refractivity contribution in [3.63, 3.8) is 0 Å². The van der Waals surface area contributed by atoms with Gasteiger partial charge >= 0.3 is 0 Å². The topological polar surface area (TPSA) is 88.3 Å². The summed E-state index contributed by atoms with van der Waals surface area (Å²) in [5.74, 6) is -0.387. The molecule has 0 aliphatic carbocycles. The van der Waals surface area contributed by atoms with Crippen LogP contribution in [0.1, 0.15) is 23.2 Å². The first-order valence-electron chi connectivity index (χ1n) is 8.41. The maximum Gasteiger partial charge on any atom is 0.256 e. The summed E-state index contributed by atoms with van der Waals surface area (Å²) in [6.45, 7) is 1.88. The first-order chi connectivity index (χ1) is 12.1. The van der Waals surface area contributed by atoms with Crippen LogP contribution in [0.3, 0.4) is 0 Å². The van der Waals surface area contributed by atoms with Gasteiger partial charge in [-0.15, -0.1) is 0 Å². The number of rotatable bonds is 4. The quantitative estimate of drug-likeness (QED) is 0.870. The molecule has 1 aliphatic rings. The number of halogens is 1. The highest BCUT2D eigenvalue weighted by Gasteiger charge is 2.29. The summed E-state index contributed by atoms with van der Waals surface area (Å²) < 4.78 is 0. The summed E-state index contributed by atoms with van der Waals surface area (Å²) in [6.07, 6.45) is 3.22. The van der Waals surface area contributed by atoms with Crippen molar-refractivity contribution in [3.05, 3.63) is 41.0 Å². The Bertz CT molecular complexity index is 796. The minimum atomic E-state index is -0.206. The highest BCUT2D eigenvalue weighted by molar-refractivity contribution is 6.32. The van der Waals surface area contributed by atoms with Gasteiger partial charge in [0.05, 0.1) is 17.0 Å². The van der Waals surface area contributed by atoms with Crippen molar-refractivity contribution >= 4 is 34.3 Å². The zero-order chi connectivity index (χ0) is 17.8. The molecule has 0 saturated carbocycles. The van der Waals surface area contributed by atoms with Gasteiger partial charge in [-0.25, -0.2) is 0 Å². The molecule has 3 rings (SSSR count). The van der Waals surface area contributed by atoms with Gasteiger partial charge in [-0.3, -0.25) is 14.6 Å². The molecule has 0 radical (unpaired) electrons. The van der Waals surface area contributed by atoms with Crippen molar-refractivity contribution in [2.24, 2.45) is 11.7 Å². The van der Waals surface area contributed by atoms with Crippen LogP contribution in [0.2, 0.25) is 5.02 Å². The highest BCUT2D eigenvalue weighted by atomic mass is 35.5. The van der Waals surface area contributed by atoms with E-state index >= 15 is 0 Å². The van der Waals surface area contributed by atoms with E-state index in [9.17, 15) is 9.59 Å². The van der Waals surface area contributed by atoms with Crippen molar-refractivity contribution in [1.29, 1.82) is 0 Å². The molecule has 2 aromatic rings. The number of nitrogens with one attached hydrogen (secondary N) is 1. The number of carbonyl (C=O) groups excluding carboxylic acids is 2. The lowest BCUT2D eigenvalue weighted by atomic mass is 9.96. The fourth-order valence-corrected chi connectivity index (χ4v) is 3.43. The molecule has 1 atom stereocenters. The van der Waals surface area contributed by atoms with E-state index < -0.39 is 0 Å². The molecular weight excluding hydrogens is 340 g/mol. The van der Waals surface area contributed by atoms with Crippen molar-refractivity contribution in [2.45, 2.75) is 12.8 Å². The monoisotopic (exact) mass is 360 g/mol. The van der Waals surface area contributed by atoms with E-state index in [4.69, 9.17) is 17.3 Å². The van der Waals surface area contributed by atoms with Gasteiger partial charge in [-0.05, 0) is 31.0 Å². The molecule has 0 spiro atoms. The Morgan fingerprint density at radius 3 is 3.04 bits per heavy atom. The lowest BCUT2D eigenvalue weighted by Crippen LogP contribution is -2.46. The zero-order valence-corrected chi connectivity index (χ0v) is 14.6. The van der Waals surface area contributed by atoms with Gasteiger partial charge in [0.2, 0.25) is 5.91 Å². The molecular formula is C18H21ClN4O2. The Labute approximate surface area is 151 Å². The molecule has 2 heterocycles. The van der Waals surface area contributed by atoms with Crippen LogP contribution in [-0.4, -0.2) is 47.9 Å². The predicted molar refractivity (Wildman–Crippen MR) is 97.4 cm³/mol. The lowest BCUT2D eigenvalue weighted by molar-refractivity contribution is -0.126. The van der Waals surface area contributed by atoms with Crippen molar-refractivity contribution in [2.75, 3.05) is 26.2 Å². The van der Waals surface area contributed by atoms with Crippen LogP contribution in [0.15, 0.2) is 30.5 Å². The first-order valence-corrected chi connectivity index (χ1v) is 8.79. The highest BCUT2D eigenvalue weighted by Crippen LogP contribution is 2.25. The van der Waals surface area contributed by atoms with Gasteiger partial charge < -0.3 is 16.0 Å². The van der Waals surface area contributed by atoms with Gasteiger partial charge in [0.15, 0.2) is 0 Å². The SMILES string of the molecule is NCCNC(=O)C1CCCN(C(=O)c2cc(Cl)cc3cccnc23)C1. The van der Waals surface area contributed by atoms with Crippen LogP contribution in [0, 0.1) is 5.92 Å². The second-order valence-electron chi connectivity index (χ2n) is 6.20. The summed E-state index contributed by atoms with van der Waals surface area (Å²) in [4.78, 5) is 31.3. The third-order valence-corrected chi connectivity index (χ3v) is 4.64. The number of benzene rings is 1. The number of carbonyl (C=O) groups is 2. The number of amides is 2. The Morgan fingerprint density at radius 1 is 1.40 bits per heavy atom. The van der Waals surface area contributed by atoms with Crippen molar-refractivity contribution in [1.82, 2.24) is 15.2 Å². The van der Waals surface area contributed by atoms with E-state index in [2.05, 4.69) is 10.3 Å². The maximum absolute atomic E-state index is 13.0. The van der Waals surface area contributed by atoms with Crippen LogP contribution >= 0.6 is 11.6 Å². The third kappa shape index (κ3) is 3.91. The normalized spacial score (nSPS) is 17.5. The third-order valence-electron chi connectivity index (χ3n) is 4.42. The largest absolute Gasteiger partial charge is 0.355 e. The maximum atomic E-state index is 13.0. The van der Waals surface area contributed by atoms with Gasteiger partial charge in [0.25, 0.3) is 5.91 Å². The molecule has 25 heavy (non-hydrogen) atoms. The summed E-state index contributed by atoms with van der Waals surface area (Å²) in [7, 11) is 0. The van der Waals surface area contributed by atoms with E-state index in [0.717, 1.165) is 18.2 Å². The van der Waals surface area contributed by atoms with Crippen molar-refractivity contribution in [3.8, 4) is 0 Å². The molecule has 1 aromatic heterocycles. The number of aromatic nitrogens is 1. The van der Waals surface area contributed by atoms with Gasteiger partial charge in [0, 0.05) is 42.8 Å². The van der Waals surface area contributed by atoms with E-state index in [0.29, 0.717) is 42.3 Å². The number of piperidine rings is 1. The number of fused-ring (bicyclic) bond motifs is 1.